The van der Waals surface area contributed by atoms with Gasteiger partial charge >= 0.3 is 5.97 Å². The van der Waals surface area contributed by atoms with Crippen LogP contribution in [-0.2, 0) is 9.47 Å². The molecular weight excluding hydrogens is 272 g/mol. The van der Waals surface area contributed by atoms with Crippen molar-refractivity contribution in [3.63, 3.8) is 0 Å². The molecule has 2 aliphatic rings. The molecule has 0 saturated carbocycles. The zero-order chi connectivity index (χ0) is 14.7. The molecule has 2 aliphatic heterocycles. The third kappa shape index (κ3) is 3.16. The number of rotatable bonds is 2. The van der Waals surface area contributed by atoms with Gasteiger partial charge in [0, 0.05) is 31.7 Å². The van der Waals surface area contributed by atoms with Gasteiger partial charge in [-0.05, 0) is 25.0 Å². The Hall–Kier alpha value is -1.66. The van der Waals surface area contributed by atoms with Crippen LogP contribution >= 0.6 is 0 Å². The van der Waals surface area contributed by atoms with E-state index in [4.69, 9.17) is 14.6 Å². The second-order valence-electron chi connectivity index (χ2n) is 5.77. The number of aromatic nitrogens is 1. The molecule has 3 heterocycles. The normalized spacial score (nSPS) is 22.0. The molecule has 114 valence electrons. The number of ether oxygens (including phenoxy) is 2. The Labute approximate surface area is 123 Å². The van der Waals surface area contributed by atoms with Crippen LogP contribution in [-0.4, -0.2) is 55.6 Å². The summed E-state index contributed by atoms with van der Waals surface area (Å²) in [5, 5.41) is 9.08. The van der Waals surface area contributed by atoms with E-state index in [0.29, 0.717) is 12.4 Å². The minimum absolute atomic E-state index is 0.0821. The highest BCUT2D eigenvalue weighted by Gasteiger charge is 2.37. The van der Waals surface area contributed by atoms with Crippen LogP contribution < -0.4 is 4.90 Å². The largest absolute Gasteiger partial charge is 0.477 e. The first kappa shape index (κ1) is 14.3. The highest BCUT2D eigenvalue weighted by molar-refractivity contribution is 5.85. The number of carboxylic acid groups (broad SMARTS) is 1. The van der Waals surface area contributed by atoms with E-state index in [1.165, 1.54) is 6.07 Å². The molecule has 0 bridgehead atoms. The van der Waals surface area contributed by atoms with Crippen molar-refractivity contribution in [1.82, 2.24) is 4.98 Å². The van der Waals surface area contributed by atoms with Crippen LogP contribution in [0.1, 0.15) is 23.3 Å². The third-order valence-corrected chi connectivity index (χ3v) is 4.27. The molecule has 2 saturated heterocycles. The van der Waals surface area contributed by atoms with E-state index in [9.17, 15) is 4.79 Å². The first-order valence-electron chi connectivity index (χ1n) is 7.29. The summed E-state index contributed by atoms with van der Waals surface area (Å²) in [6, 6.07) is 5.13. The van der Waals surface area contributed by atoms with Crippen LogP contribution in [0.2, 0.25) is 0 Å². The van der Waals surface area contributed by atoms with Gasteiger partial charge in [0.1, 0.15) is 5.82 Å². The topological polar surface area (TPSA) is 71.9 Å². The average molecular weight is 292 g/mol. The van der Waals surface area contributed by atoms with E-state index < -0.39 is 5.97 Å². The Kier molecular flexibility index (Phi) is 4.07. The lowest BCUT2D eigenvalue weighted by molar-refractivity contribution is -0.0240. The number of hydrogen-bond acceptors (Lipinski definition) is 5. The second-order valence-corrected chi connectivity index (χ2v) is 5.77. The summed E-state index contributed by atoms with van der Waals surface area (Å²) in [6.45, 7) is 4.48. The molecule has 21 heavy (non-hydrogen) atoms. The maximum Gasteiger partial charge on any atom is 0.354 e. The first-order valence-corrected chi connectivity index (χ1v) is 7.29. The molecule has 0 unspecified atom stereocenters. The molecule has 2 fully saturated rings. The molecule has 0 aromatic carbocycles. The molecule has 6 nitrogen and oxygen atoms in total. The Morgan fingerprint density at radius 1 is 1.24 bits per heavy atom. The fourth-order valence-electron chi connectivity index (χ4n) is 3.01. The average Bonchev–Trinajstić information content (AvgIpc) is 2.71. The van der Waals surface area contributed by atoms with Gasteiger partial charge in [-0.3, -0.25) is 0 Å². The van der Waals surface area contributed by atoms with E-state index in [1.807, 2.05) is 6.07 Å². The first-order chi connectivity index (χ1) is 10.2. The highest BCUT2D eigenvalue weighted by atomic mass is 16.5. The molecular formula is C15H20N2O4. The standard InChI is InChI=1S/C15H20N2O4/c18-14(19)12-2-1-3-13(16-12)17-6-9-21-11-15(10-17)4-7-20-8-5-15/h1-3H,4-11H2,(H,18,19). The minimum Gasteiger partial charge on any atom is -0.477 e. The summed E-state index contributed by atoms with van der Waals surface area (Å²) in [5.74, 6) is -0.282. The number of nitrogens with zero attached hydrogens (tertiary/aromatic N) is 2. The molecule has 6 heteroatoms. The quantitative estimate of drug-likeness (QED) is 0.888. The van der Waals surface area contributed by atoms with Gasteiger partial charge in [0.2, 0.25) is 0 Å². The van der Waals surface area contributed by atoms with Gasteiger partial charge in [0.25, 0.3) is 0 Å². The molecule has 1 aromatic heterocycles. The molecule has 0 amide bonds. The third-order valence-electron chi connectivity index (χ3n) is 4.27. The van der Waals surface area contributed by atoms with E-state index in [0.717, 1.165) is 45.8 Å². The van der Waals surface area contributed by atoms with Crippen molar-refractivity contribution in [3.05, 3.63) is 23.9 Å². The van der Waals surface area contributed by atoms with Gasteiger partial charge in [-0.25, -0.2) is 9.78 Å². The van der Waals surface area contributed by atoms with Crippen molar-refractivity contribution in [3.8, 4) is 0 Å². The molecule has 1 spiro atoms. The summed E-state index contributed by atoms with van der Waals surface area (Å²) < 4.78 is 11.2. The predicted molar refractivity (Wildman–Crippen MR) is 76.7 cm³/mol. The van der Waals surface area contributed by atoms with Crippen LogP contribution in [0.4, 0.5) is 5.82 Å². The van der Waals surface area contributed by atoms with E-state index in [1.54, 1.807) is 6.07 Å². The van der Waals surface area contributed by atoms with Crippen molar-refractivity contribution >= 4 is 11.8 Å². The van der Waals surface area contributed by atoms with E-state index in [2.05, 4.69) is 9.88 Å². The molecule has 1 aromatic rings. The summed E-state index contributed by atoms with van der Waals surface area (Å²) in [5.41, 5.74) is 0.175. The maximum absolute atomic E-state index is 11.1. The fourth-order valence-corrected chi connectivity index (χ4v) is 3.01. The van der Waals surface area contributed by atoms with Crippen molar-refractivity contribution in [2.45, 2.75) is 12.8 Å². The number of hydrogen-bond donors (Lipinski definition) is 1. The zero-order valence-corrected chi connectivity index (χ0v) is 12.0. The highest BCUT2D eigenvalue weighted by Crippen LogP contribution is 2.34. The van der Waals surface area contributed by atoms with Gasteiger partial charge in [-0.1, -0.05) is 6.07 Å². The Bertz CT molecular complexity index is 514. The van der Waals surface area contributed by atoms with Crippen LogP contribution in [0.25, 0.3) is 0 Å². The van der Waals surface area contributed by atoms with E-state index >= 15 is 0 Å². The number of anilines is 1. The number of aromatic carboxylic acids is 1. The van der Waals surface area contributed by atoms with Crippen LogP contribution in [0, 0.1) is 5.41 Å². The number of carboxylic acids is 1. The number of pyridine rings is 1. The van der Waals surface area contributed by atoms with Gasteiger partial charge in [0.15, 0.2) is 5.69 Å². The van der Waals surface area contributed by atoms with Crippen molar-refractivity contribution in [2.24, 2.45) is 5.41 Å². The molecule has 0 radical (unpaired) electrons. The van der Waals surface area contributed by atoms with Gasteiger partial charge < -0.3 is 19.5 Å². The molecule has 0 aliphatic carbocycles. The van der Waals surface area contributed by atoms with Gasteiger partial charge in [0.05, 0.1) is 13.2 Å². The predicted octanol–water partition coefficient (Wildman–Crippen LogP) is 1.41. The maximum atomic E-state index is 11.1. The lowest BCUT2D eigenvalue weighted by atomic mass is 9.80. The zero-order valence-electron chi connectivity index (χ0n) is 12.0. The van der Waals surface area contributed by atoms with Crippen LogP contribution in [0.15, 0.2) is 18.2 Å². The Morgan fingerprint density at radius 2 is 2.05 bits per heavy atom. The lowest BCUT2D eigenvalue weighted by Gasteiger charge is -2.38. The van der Waals surface area contributed by atoms with Crippen molar-refractivity contribution in [2.75, 3.05) is 44.4 Å². The Morgan fingerprint density at radius 3 is 2.81 bits per heavy atom. The summed E-state index contributed by atoms with van der Waals surface area (Å²) >= 11 is 0. The van der Waals surface area contributed by atoms with Crippen LogP contribution in [0.5, 0.6) is 0 Å². The van der Waals surface area contributed by atoms with Gasteiger partial charge in [-0.2, -0.15) is 0 Å². The Balaban J connectivity index is 1.83. The van der Waals surface area contributed by atoms with E-state index in [-0.39, 0.29) is 11.1 Å². The molecule has 3 rings (SSSR count). The van der Waals surface area contributed by atoms with Crippen molar-refractivity contribution in [1.29, 1.82) is 0 Å². The molecule has 1 N–H and O–H groups in total. The minimum atomic E-state index is -0.997. The van der Waals surface area contributed by atoms with Gasteiger partial charge in [-0.15, -0.1) is 0 Å². The smallest absolute Gasteiger partial charge is 0.354 e. The lowest BCUT2D eigenvalue weighted by Crippen LogP contribution is -2.42. The SMILES string of the molecule is O=C(O)c1cccc(N2CCOCC3(CCOCC3)C2)n1. The monoisotopic (exact) mass is 292 g/mol. The van der Waals surface area contributed by atoms with Crippen LogP contribution in [0.3, 0.4) is 0 Å². The summed E-state index contributed by atoms with van der Waals surface area (Å²) in [4.78, 5) is 17.5. The fraction of sp³-hybridized carbons (Fsp3) is 0.600. The summed E-state index contributed by atoms with van der Waals surface area (Å²) in [6.07, 6.45) is 1.95. The summed E-state index contributed by atoms with van der Waals surface area (Å²) in [7, 11) is 0. The number of carbonyl (C=O) groups is 1. The molecule has 0 atom stereocenters. The van der Waals surface area contributed by atoms with Crippen molar-refractivity contribution < 1.29 is 19.4 Å². The second kappa shape index (κ2) is 5.99.